The summed E-state index contributed by atoms with van der Waals surface area (Å²) in [6.45, 7) is 3.52. The van der Waals surface area contributed by atoms with E-state index in [2.05, 4.69) is 10.6 Å². The molecule has 2 rings (SSSR count). The summed E-state index contributed by atoms with van der Waals surface area (Å²) in [5.41, 5.74) is 1.71. The maximum atomic E-state index is 12.1. The van der Waals surface area contributed by atoms with Crippen molar-refractivity contribution in [3.8, 4) is 0 Å². The predicted molar refractivity (Wildman–Crippen MR) is 73.8 cm³/mol. The summed E-state index contributed by atoms with van der Waals surface area (Å²) in [5, 5.41) is 5.88. The predicted octanol–water partition coefficient (Wildman–Crippen LogP) is 0.709. The van der Waals surface area contributed by atoms with Gasteiger partial charge in [0.1, 0.15) is 6.10 Å². The topological polar surface area (TPSA) is 76.7 Å². The number of carbonyl (C=O) groups is 2. The van der Waals surface area contributed by atoms with Crippen molar-refractivity contribution in [2.24, 2.45) is 0 Å². The molecular weight excluding hydrogens is 260 g/mol. The fourth-order valence-corrected chi connectivity index (χ4v) is 2.05. The summed E-state index contributed by atoms with van der Waals surface area (Å²) >= 11 is 0. The van der Waals surface area contributed by atoms with Gasteiger partial charge in [-0.15, -0.1) is 0 Å². The lowest BCUT2D eigenvalue weighted by molar-refractivity contribution is -0.128. The lowest BCUT2D eigenvalue weighted by Crippen LogP contribution is -2.45. The highest BCUT2D eigenvalue weighted by molar-refractivity contribution is 5.98. The van der Waals surface area contributed by atoms with Crippen LogP contribution in [-0.2, 0) is 14.3 Å². The molecule has 1 aromatic carbocycles. The zero-order chi connectivity index (χ0) is 14.5. The third kappa shape index (κ3) is 3.15. The number of hydrogen-bond acceptors (Lipinski definition) is 5. The number of esters is 1. The molecule has 2 N–H and O–H groups in total. The quantitative estimate of drug-likeness (QED) is 0.796. The summed E-state index contributed by atoms with van der Waals surface area (Å²) in [6, 6.07) is 5.11. The van der Waals surface area contributed by atoms with E-state index in [9.17, 15) is 9.59 Å². The number of benzene rings is 1. The molecule has 1 amide bonds. The van der Waals surface area contributed by atoms with E-state index in [1.807, 2.05) is 0 Å². The Morgan fingerprint density at radius 1 is 1.45 bits per heavy atom. The zero-order valence-electron chi connectivity index (χ0n) is 11.6. The summed E-state index contributed by atoms with van der Waals surface area (Å²) in [6.07, 6.45) is -0.509. The van der Waals surface area contributed by atoms with Crippen molar-refractivity contribution in [1.82, 2.24) is 5.32 Å². The van der Waals surface area contributed by atoms with Gasteiger partial charge in [0, 0.05) is 18.8 Å². The van der Waals surface area contributed by atoms with E-state index in [1.54, 1.807) is 25.1 Å². The van der Waals surface area contributed by atoms with Crippen LogP contribution in [0, 0.1) is 6.92 Å². The minimum Gasteiger partial charge on any atom is -0.465 e. The van der Waals surface area contributed by atoms with Crippen molar-refractivity contribution in [3.05, 3.63) is 29.3 Å². The van der Waals surface area contributed by atoms with Gasteiger partial charge in [-0.2, -0.15) is 0 Å². The van der Waals surface area contributed by atoms with Crippen LogP contribution in [0.15, 0.2) is 18.2 Å². The van der Waals surface area contributed by atoms with Gasteiger partial charge < -0.3 is 20.1 Å². The summed E-state index contributed by atoms with van der Waals surface area (Å²) < 4.78 is 10.1. The number of anilines is 1. The fourth-order valence-electron chi connectivity index (χ4n) is 2.05. The lowest BCUT2D eigenvalue weighted by atomic mass is 10.1. The van der Waals surface area contributed by atoms with Gasteiger partial charge in [-0.25, -0.2) is 4.79 Å². The molecule has 0 bridgehead atoms. The Labute approximate surface area is 117 Å². The van der Waals surface area contributed by atoms with Crippen LogP contribution in [0.2, 0.25) is 0 Å². The highest BCUT2D eigenvalue weighted by atomic mass is 16.5. The van der Waals surface area contributed by atoms with Crippen molar-refractivity contribution in [1.29, 1.82) is 0 Å². The van der Waals surface area contributed by atoms with Gasteiger partial charge in [0.2, 0.25) is 0 Å². The molecule has 20 heavy (non-hydrogen) atoms. The minimum atomic E-state index is -0.509. The van der Waals surface area contributed by atoms with E-state index < -0.39 is 12.1 Å². The Morgan fingerprint density at radius 2 is 2.25 bits per heavy atom. The van der Waals surface area contributed by atoms with E-state index in [4.69, 9.17) is 9.47 Å². The molecule has 1 heterocycles. The van der Waals surface area contributed by atoms with E-state index in [0.29, 0.717) is 30.0 Å². The second kappa shape index (κ2) is 6.49. The van der Waals surface area contributed by atoms with Gasteiger partial charge in [0.05, 0.1) is 19.3 Å². The van der Waals surface area contributed by atoms with Gasteiger partial charge in [-0.1, -0.05) is 6.07 Å². The Hall–Kier alpha value is -1.92. The Morgan fingerprint density at radius 3 is 2.90 bits per heavy atom. The molecule has 6 heteroatoms. The lowest BCUT2D eigenvalue weighted by Gasteiger charge is -2.23. The van der Waals surface area contributed by atoms with Crippen molar-refractivity contribution >= 4 is 17.6 Å². The van der Waals surface area contributed by atoms with E-state index in [-0.39, 0.29) is 5.91 Å². The highest BCUT2D eigenvalue weighted by Crippen LogP contribution is 2.20. The van der Waals surface area contributed by atoms with Gasteiger partial charge >= 0.3 is 5.97 Å². The van der Waals surface area contributed by atoms with Crippen LogP contribution >= 0.6 is 0 Å². The number of carbonyl (C=O) groups excluding carboxylic acids is 2. The van der Waals surface area contributed by atoms with E-state index in [0.717, 1.165) is 6.54 Å². The van der Waals surface area contributed by atoms with Gasteiger partial charge in [-0.05, 0) is 24.6 Å². The Bertz CT molecular complexity index is 510. The van der Waals surface area contributed by atoms with Crippen molar-refractivity contribution in [3.63, 3.8) is 0 Å². The smallest absolute Gasteiger partial charge is 0.338 e. The number of hydrogen-bond donors (Lipinski definition) is 2. The van der Waals surface area contributed by atoms with Gasteiger partial charge in [0.25, 0.3) is 5.91 Å². The molecule has 6 nitrogen and oxygen atoms in total. The SMILES string of the molecule is COC(=O)c1cccc(NC(=O)C2CNCCO2)c1C. The van der Waals surface area contributed by atoms with E-state index in [1.165, 1.54) is 7.11 Å². The molecule has 1 saturated heterocycles. The summed E-state index contributed by atoms with van der Waals surface area (Å²) in [7, 11) is 1.33. The van der Waals surface area contributed by atoms with Crippen LogP contribution in [0.25, 0.3) is 0 Å². The van der Waals surface area contributed by atoms with Crippen LogP contribution in [-0.4, -0.2) is 44.8 Å². The van der Waals surface area contributed by atoms with Crippen molar-refractivity contribution < 1.29 is 19.1 Å². The maximum Gasteiger partial charge on any atom is 0.338 e. The molecule has 1 unspecified atom stereocenters. The van der Waals surface area contributed by atoms with Crippen LogP contribution in [0.4, 0.5) is 5.69 Å². The number of amides is 1. The summed E-state index contributed by atoms with van der Waals surface area (Å²) in [5.74, 6) is -0.642. The molecule has 1 atom stereocenters. The first kappa shape index (κ1) is 14.5. The molecule has 0 spiro atoms. The largest absolute Gasteiger partial charge is 0.465 e. The second-order valence-electron chi connectivity index (χ2n) is 4.52. The number of nitrogens with one attached hydrogen (secondary N) is 2. The van der Waals surface area contributed by atoms with Gasteiger partial charge in [-0.3, -0.25) is 4.79 Å². The molecule has 0 aliphatic carbocycles. The van der Waals surface area contributed by atoms with Crippen molar-refractivity contribution in [2.45, 2.75) is 13.0 Å². The molecule has 0 aromatic heterocycles. The number of morpholine rings is 1. The second-order valence-corrected chi connectivity index (χ2v) is 4.52. The molecule has 1 aliphatic heterocycles. The third-order valence-electron chi connectivity index (χ3n) is 3.22. The van der Waals surface area contributed by atoms with Crippen LogP contribution in [0.5, 0.6) is 0 Å². The normalized spacial score (nSPS) is 18.4. The highest BCUT2D eigenvalue weighted by Gasteiger charge is 2.22. The first-order valence-corrected chi connectivity index (χ1v) is 6.44. The molecule has 0 saturated carbocycles. The van der Waals surface area contributed by atoms with Gasteiger partial charge in [0.15, 0.2) is 0 Å². The molecule has 108 valence electrons. The maximum absolute atomic E-state index is 12.1. The standard InChI is InChI=1S/C14H18N2O4/c1-9-10(14(18)19-2)4-3-5-11(9)16-13(17)12-8-15-6-7-20-12/h3-5,12,15H,6-8H2,1-2H3,(H,16,17). The number of methoxy groups -OCH3 is 1. The van der Waals surface area contributed by atoms with Crippen LogP contribution < -0.4 is 10.6 Å². The Balaban J connectivity index is 2.12. The molecule has 1 aliphatic rings. The average molecular weight is 278 g/mol. The first-order valence-electron chi connectivity index (χ1n) is 6.44. The zero-order valence-corrected chi connectivity index (χ0v) is 11.6. The molecule has 1 fully saturated rings. The van der Waals surface area contributed by atoms with Crippen molar-refractivity contribution in [2.75, 3.05) is 32.1 Å². The molecular formula is C14H18N2O4. The van der Waals surface area contributed by atoms with E-state index >= 15 is 0 Å². The Kier molecular flexibility index (Phi) is 4.70. The first-order chi connectivity index (χ1) is 9.63. The average Bonchev–Trinajstić information content (AvgIpc) is 2.49. The van der Waals surface area contributed by atoms with Crippen LogP contribution in [0.1, 0.15) is 15.9 Å². The van der Waals surface area contributed by atoms with Crippen LogP contribution in [0.3, 0.4) is 0 Å². The molecule has 1 aromatic rings. The minimum absolute atomic E-state index is 0.220. The third-order valence-corrected chi connectivity index (χ3v) is 3.22. The number of ether oxygens (including phenoxy) is 2. The number of rotatable bonds is 3. The summed E-state index contributed by atoms with van der Waals surface area (Å²) in [4.78, 5) is 23.7. The monoisotopic (exact) mass is 278 g/mol. The fraction of sp³-hybridized carbons (Fsp3) is 0.429. The molecule has 0 radical (unpaired) electrons.